The van der Waals surface area contributed by atoms with Crippen molar-refractivity contribution in [1.29, 1.82) is 0 Å². The van der Waals surface area contributed by atoms with E-state index in [1.807, 2.05) is 0 Å². The average Bonchev–Trinajstić information content (AvgIpc) is 3.11. The highest BCUT2D eigenvalue weighted by Gasteiger charge is 2.42. The van der Waals surface area contributed by atoms with E-state index in [1.54, 1.807) is 38.2 Å². The van der Waals surface area contributed by atoms with Crippen LogP contribution in [-0.2, 0) is 11.3 Å². The molecule has 28 heavy (non-hydrogen) atoms. The number of benzene rings is 1. The number of guanidine groups is 1. The zero-order chi connectivity index (χ0) is 20.8. The predicted molar refractivity (Wildman–Crippen MR) is 101 cm³/mol. The summed E-state index contributed by atoms with van der Waals surface area (Å²) >= 11 is 0. The fourth-order valence-electron chi connectivity index (χ4n) is 3.52. The van der Waals surface area contributed by atoms with Crippen molar-refractivity contribution in [1.82, 2.24) is 15.5 Å². The largest absolute Gasteiger partial charge is 0.573 e. The lowest BCUT2D eigenvalue weighted by molar-refractivity contribution is -0.274. The Morgan fingerprint density at radius 2 is 1.86 bits per heavy atom. The van der Waals surface area contributed by atoms with Crippen LogP contribution in [0.5, 0.6) is 5.75 Å². The molecule has 2 rings (SSSR count). The normalized spacial score (nSPS) is 16.6. The summed E-state index contributed by atoms with van der Waals surface area (Å²) in [5.41, 5.74) is -0.124. The standard InChI is InChI=1S/C19H27F3N4O2/c1-23-17(25-13-18(10-6-7-11-18)16(27)26(2)3)24-12-14-8-4-5-9-15(14)28-19(20,21)22/h4-5,8-9H,6-7,10-13H2,1-3H3,(H2,23,24,25). The molecule has 1 fully saturated rings. The van der Waals surface area contributed by atoms with Crippen LogP contribution >= 0.6 is 0 Å². The smallest absolute Gasteiger partial charge is 0.405 e. The van der Waals surface area contributed by atoms with Gasteiger partial charge in [0.05, 0.1) is 5.41 Å². The molecular weight excluding hydrogens is 373 g/mol. The molecule has 9 heteroatoms. The zero-order valence-electron chi connectivity index (χ0n) is 16.4. The highest BCUT2D eigenvalue weighted by molar-refractivity contribution is 5.85. The molecular formula is C19H27F3N4O2. The van der Waals surface area contributed by atoms with Gasteiger partial charge in [0.2, 0.25) is 5.91 Å². The molecule has 6 nitrogen and oxygen atoms in total. The summed E-state index contributed by atoms with van der Waals surface area (Å²) < 4.78 is 41.7. The minimum absolute atomic E-state index is 0.0804. The van der Waals surface area contributed by atoms with Crippen molar-refractivity contribution < 1.29 is 22.7 Å². The lowest BCUT2D eigenvalue weighted by Crippen LogP contribution is -2.49. The van der Waals surface area contributed by atoms with Crippen LogP contribution in [-0.4, -0.2) is 50.8 Å². The number of amides is 1. The molecule has 0 spiro atoms. The number of halogens is 3. The first-order valence-electron chi connectivity index (χ1n) is 9.17. The lowest BCUT2D eigenvalue weighted by Gasteiger charge is -2.31. The number of carbonyl (C=O) groups excluding carboxylic acids is 1. The van der Waals surface area contributed by atoms with E-state index in [-0.39, 0.29) is 18.2 Å². The van der Waals surface area contributed by atoms with Crippen molar-refractivity contribution in [2.45, 2.75) is 38.6 Å². The second-order valence-corrected chi connectivity index (χ2v) is 7.12. The first kappa shape index (κ1) is 21.8. The van der Waals surface area contributed by atoms with Crippen LogP contribution in [0, 0.1) is 5.41 Å². The van der Waals surface area contributed by atoms with Gasteiger partial charge in [-0.05, 0) is 18.9 Å². The van der Waals surface area contributed by atoms with Crippen LogP contribution in [0.25, 0.3) is 0 Å². The summed E-state index contributed by atoms with van der Waals surface area (Å²) in [6.07, 6.45) is -1.16. The number of aliphatic imine (C=N–C) groups is 1. The van der Waals surface area contributed by atoms with Crippen molar-refractivity contribution in [2.24, 2.45) is 10.4 Å². The summed E-state index contributed by atoms with van der Waals surface area (Å²) in [5.74, 6) is 0.240. The lowest BCUT2D eigenvalue weighted by atomic mass is 9.84. The molecule has 0 saturated heterocycles. The van der Waals surface area contributed by atoms with Crippen LogP contribution in [0.2, 0.25) is 0 Å². The summed E-state index contributed by atoms with van der Waals surface area (Å²) in [7, 11) is 5.06. The molecule has 2 N–H and O–H groups in total. The Morgan fingerprint density at radius 3 is 2.43 bits per heavy atom. The molecule has 1 aliphatic rings. The Balaban J connectivity index is 2.00. The molecule has 1 aromatic carbocycles. The van der Waals surface area contributed by atoms with E-state index in [1.165, 1.54) is 12.1 Å². The minimum Gasteiger partial charge on any atom is -0.405 e. The van der Waals surface area contributed by atoms with E-state index in [0.29, 0.717) is 18.1 Å². The van der Waals surface area contributed by atoms with Crippen molar-refractivity contribution in [3.63, 3.8) is 0 Å². The number of hydrogen-bond donors (Lipinski definition) is 2. The molecule has 1 amide bonds. The molecule has 0 aliphatic heterocycles. The van der Waals surface area contributed by atoms with Gasteiger partial charge in [-0.25, -0.2) is 0 Å². The van der Waals surface area contributed by atoms with Gasteiger partial charge in [0.25, 0.3) is 0 Å². The molecule has 1 aliphatic carbocycles. The fourth-order valence-corrected chi connectivity index (χ4v) is 3.52. The predicted octanol–water partition coefficient (Wildman–Crippen LogP) is 2.90. The number of alkyl halides is 3. The van der Waals surface area contributed by atoms with Gasteiger partial charge in [-0.3, -0.25) is 9.79 Å². The molecule has 1 aromatic rings. The molecule has 0 bridgehead atoms. The molecule has 0 heterocycles. The van der Waals surface area contributed by atoms with E-state index >= 15 is 0 Å². The molecule has 0 radical (unpaired) electrons. The highest BCUT2D eigenvalue weighted by atomic mass is 19.4. The fraction of sp³-hybridized carbons (Fsp3) is 0.579. The van der Waals surface area contributed by atoms with Gasteiger partial charge in [0.15, 0.2) is 5.96 Å². The second kappa shape index (κ2) is 9.16. The number of para-hydroxylation sites is 1. The van der Waals surface area contributed by atoms with E-state index < -0.39 is 11.8 Å². The van der Waals surface area contributed by atoms with Crippen molar-refractivity contribution in [2.75, 3.05) is 27.7 Å². The summed E-state index contributed by atoms with van der Waals surface area (Å²) in [6, 6.07) is 5.94. The third-order valence-corrected chi connectivity index (χ3v) is 4.88. The van der Waals surface area contributed by atoms with Gasteiger partial charge in [0.1, 0.15) is 5.75 Å². The van der Waals surface area contributed by atoms with Crippen molar-refractivity contribution in [3.8, 4) is 5.75 Å². The summed E-state index contributed by atoms with van der Waals surface area (Å²) in [5, 5.41) is 6.14. The number of nitrogens with zero attached hydrogens (tertiary/aromatic N) is 2. The minimum atomic E-state index is -4.75. The van der Waals surface area contributed by atoms with Crippen LogP contribution in [0.3, 0.4) is 0 Å². The van der Waals surface area contributed by atoms with E-state index in [4.69, 9.17) is 0 Å². The van der Waals surface area contributed by atoms with Gasteiger partial charge in [-0.15, -0.1) is 13.2 Å². The first-order valence-corrected chi connectivity index (χ1v) is 9.17. The molecule has 156 valence electrons. The SMILES string of the molecule is CN=C(NCc1ccccc1OC(F)(F)F)NCC1(C(=O)N(C)C)CCCC1. The van der Waals surface area contributed by atoms with E-state index in [0.717, 1.165) is 25.7 Å². The maximum Gasteiger partial charge on any atom is 0.573 e. The Morgan fingerprint density at radius 1 is 1.21 bits per heavy atom. The van der Waals surface area contributed by atoms with Crippen LogP contribution in [0.15, 0.2) is 29.3 Å². The number of hydrogen-bond acceptors (Lipinski definition) is 3. The van der Waals surface area contributed by atoms with Crippen LogP contribution < -0.4 is 15.4 Å². The quantitative estimate of drug-likeness (QED) is 0.569. The second-order valence-electron chi connectivity index (χ2n) is 7.12. The highest BCUT2D eigenvalue weighted by Crippen LogP contribution is 2.38. The number of nitrogens with one attached hydrogen (secondary N) is 2. The van der Waals surface area contributed by atoms with Gasteiger partial charge in [-0.1, -0.05) is 31.0 Å². The summed E-state index contributed by atoms with van der Waals surface area (Å²) in [6.45, 7) is 0.519. The van der Waals surface area contributed by atoms with Crippen LogP contribution in [0.1, 0.15) is 31.2 Å². The van der Waals surface area contributed by atoms with Gasteiger partial charge in [0, 0.05) is 39.8 Å². The Hall–Kier alpha value is -2.45. The number of ether oxygens (including phenoxy) is 1. The number of carbonyl (C=O) groups is 1. The zero-order valence-corrected chi connectivity index (χ0v) is 16.4. The third kappa shape index (κ3) is 5.77. The van der Waals surface area contributed by atoms with E-state index in [2.05, 4.69) is 20.4 Å². The van der Waals surface area contributed by atoms with Gasteiger partial charge in [-0.2, -0.15) is 0 Å². The average molecular weight is 400 g/mol. The third-order valence-electron chi connectivity index (χ3n) is 4.88. The maximum absolute atomic E-state index is 12.6. The Kier molecular flexibility index (Phi) is 7.15. The van der Waals surface area contributed by atoms with Crippen molar-refractivity contribution >= 4 is 11.9 Å². The molecule has 0 aromatic heterocycles. The topological polar surface area (TPSA) is 66.0 Å². The van der Waals surface area contributed by atoms with Crippen molar-refractivity contribution in [3.05, 3.63) is 29.8 Å². The Labute approximate surface area is 163 Å². The van der Waals surface area contributed by atoms with E-state index in [9.17, 15) is 18.0 Å². The maximum atomic E-state index is 12.6. The first-order chi connectivity index (χ1) is 13.2. The molecule has 1 saturated carbocycles. The van der Waals surface area contributed by atoms with Gasteiger partial charge < -0.3 is 20.3 Å². The number of rotatable bonds is 6. The molecule has 0 unspecified atom stereocenters. The summed E-state index contributed by atoms with van der Waals surface area (Å²) in [4.78, 5) is 18.3. The van der Waals surface area contributed by atoms with Crippen LogP contribution in [0.4, 0.5) is 13.2 Å². The monoisotopic (exact) mass is 400 g/mol. The Bertz CT molecular complexity index is 699. The molecule has 0 atom stereocenters. The van der Waals surface area contributed by atoms with Gasteiger partial charge >= 0.3 is 6.36 Å².